The zero-order chi connectivity index (χ0) is 22.4. The number of aromatic nitrogens is 2. The van der Waals surface area contributed by atoms with E-state index in [2.05, 4.69) is 33.8 Å². The molecule has 1 fully saturated rings. The predicted molar refractivity (Wildman–Crippen MR) is 115 cm³/mol. The molecule has 0 aliphatic carbocycles. The number of likely N-dealkylation sites (tertiary alicyclic amines) is 1. The number of piperidine rings is 1. The number of aryl methyl sites for hydroxylation is 1. The molecular weight excluding hydrogens is 405 g/mol. The number of anilines is 1. The van der Waals surface area contributed by atoms with Crippen LogP contribution in [0.5, 0.6) is 0 Å². The number of rotatable bonds is 8. The van der Waals surface area contributed by atoms with Gasteiger partial charge in [0, 0.05) is 43.0 Å². The lowest BCUT2D eigenvalue weighted by Gasteiger charge is -2.32. The molecule has 0 unspecified atom stereocenters. The Kier molecular flexibility index (Phi) is 7.75. The van der Waals surface area contributed by atoms with Crippen molar-refractivity contribution in [2.75, 3.05) is 18.4 Å². The van der Waals surface area contributed by atoms with Crippen LogP contribution in [0.25, 0.3) is 0 Å². The van der Waals surface area contributed by atoms with Crippen molar-refractivity contribution in [3.05, 3.63) is 47.3 Å². The van der Waals surface area contributed by atoms with Crippen LogP contribution in [0.15, 0.2) is 30.5 Å². The standard InChI is InChI=1S/C23H31F3N4O/c1-3-12-30-17(2)19(14-27-30)16-29-13-4-5-18(15-29)6-11-22(31)28-21-9-7-20(8-10-21)23(24,25)26/h7-10,14,18H,3-6,11-13,15-16H2,1-2H3,(H,28,31)/t18-/m0/s1. The Hall–Kier alpha value is -2.35. The van der Waals surface area contributed by atoms with Crippen molar-refractivity contribution >= 4 is 11.6 Å². The van der Waals surface area contributed by atoms with Crippen LogP contribution in [0, 0.1) is 12.8 Å². The number of hydrogen-bond donors (Lipinski definition) is 1. The molecule has 1 aliphatic heterocycles. The minimum atomic E-state index is -4.37. The van der Waals surface area contributed by atoms with Crippen molar-refractivity contribution in [3.63, 3.8) is 0 Å². The van der Waals surface area contributed by atoms with Crippen LogP contribution in [-0.2, 0) is 24.1 Å². The Morgan fingerprint density at radius 2 is 2.00 bits per heavy atom. The number of hydrogen-bond acceptors (Lipinski definition) is 3. The summed E-state index contributed by atoms with van der Waals surface area (Å²) in [5, 5.41) is 7.19. The van der Waals surface area contributed by atoms with Gasteiger partial charge in [0.05, 0.1) is 11.8 Å². The van der Waals surface area contributed by atoms with Crippen LogP contribution in [0.2, 0.25) is 0 Å². The van der Waals surface area contributed by atoms with Crippen molar-refractivity contribution in [2.45, 2.75) is 65.2 Å². The van der Waals surface area contributed by atoms with Crippen LogP contribution in [-0.4, -0.2) is 33.7 Å². The fourth-order valence-corrected chi connectivity index (χ4v) is 4.15. The molecule has 0 radical (unpaired) electrons. The highest BCUT2D eigenvalue weighted by Crippen LogP contribution is 2.30. The lowest BCUT2D eigenvalue weighted by atomic mass is 9.93. The third-order valence-corrected chi connectivity index (χ3v) is 5.91. The molecule has 8 heteroatoms. The largest absolute Gasteiger partial charge is 0.416 e. The zero-order valence-corrected chi connectivity index (χ0v) is 18.2. The van der Waals surface area contributed by atoms with E-state index in [0.717, 1.165) is 64.0 Å². The van der Waals surface area contributed by atoms with E-state index in [9.17, 15) is 18.0 Å². The van der Waals surface area contributed by atoms with Gasteiger partial charge in [0.25, 0.3) is 0 Å². The van der Waals surface area contributed by atoms with E-state index in [0.29, 0.717) is 18.0 Å². The van der Waals surface area contributed by atoms with E-state index in [4.69, 9.17) is 0 Å². The third kappa shape index (κ3) is 6.56. The predicted octanol–water partition coefficient (Wildman–Crippen LogP) is 5.25. The Morgan fingerprint density at radius 1 is 1.26 bits per heavy atom. The van der Waals surface area contributed by atoms with Crippen molar-refractivity contribution in [3.8, 4) is 0 Å². The van der Waals surface area contributed by atoms with Crippen LogP contribution in [0.4, 0.5) is 18.9 Å². The molecule has 5 nitrogen and oxygen atoms in total. The Labute approximate surface area is 181 Å². The molecule has 0 bridgehead atoms. The number of carbonyl (C=O) groups excluding carboxylic acids is 1. The second-order valence-electron chi connectivity index (χ2n) is 8.38. The van der Waals surface area contributed by atoms with Gasteiger partial charge in [-0.25, -0.2) is 0 Å². The normalized spacial score (nSPS) is 17.6. The van der Waals surface area contributed by atoms with Gasteiger partial charge in [0.2, 0.25) is 5.91 Å². The van der Waals surface area contributed by atoms with Gasteiger partial charge >= 0.3 is 6.18 Å². The fourth-order valence-electron chi connectivity index (χ4n) is 4.15. The molecule has 31 heavy (non-hydrogen) atoms. The first-order valence-corrected chi connectivity index (χ1v) is 11.0. The maximum atomic E-state index is 12.6. The first-order chi connectivity index (χ1) is 14.8. The van der Waals surface area contributed by atoms with E-state index in [1.807, 2.05) is 6.20 Å². The lowest BCUT2D eigenvalue weighted by Crippen LogP contribution is -2.35. The second-order valence-corrected chi connectivity index (χ2v) is 8.38. The van der Waals surface area contributed by atoms with Crippen molar-refractivity contribution in [2.24, 2.45) is 5.92 Å². The minimum absolute atomic E-state index is 0.159. The number of nitrogens with one attached hydrogen (secondary N) is 1. The van der Waals surface area contributed by atoms with Gasteiger partial charge in [0.1, 0.15) is 0 Å². The van der Waals surface area contributed by atoms with Gasteiger partial charge in [-0.1, -0.05) is 6.92 Å². The fraction of sp³-hybridized carbons (Fsp3) is 0.565. The van der Waals surface area contributed by atoms with Gasteiger partial charge in [-0.15, -0.1) is 0 Å². The molecule has 170 valence electrons. The molecule has 1 atom stereocenters. The van der Waals surface area contributed by atoms with E-state index in [-0.39, 0.29) is 5.91 Å². The summed E-state index contributed by atoms with van der Waals surface area (Å²) in [4.78, 5) is 14.7. The van der Waals surface area contributed by atoms with Crippen molar-refractivity contribution in [1.29, 1.82) is 0 Å². The summed E-state index contributed by atoms with van der Waals surface area (Å²) in [6.07, 6.45) is 1.99. The molecule has 0 saturated carbocycles. The lowest BCUT2D eigenvalue weighted by molar-refractivity contribution is -0.137. The monoisotopic (exact) mass is 436 g/mol. The van der Waals surface area contributed by atoms with Crippen LogP contribution in [0.3, 0.4) is 0 Å². The van der Waals surface area contributed by atoms with Gasteiger partial charge < -0.3 is 5.32 Å². The maximum absolute atomic E-state index is 12.6. The highest BCUT2D eigenvalue weighted by Gasteiger charge is 2.30. The Bertz CT molecular complexity index is 861. The molecule has 1 amide bonds. The third-order valence-electron chi connectivity index (χ3n) is 5.91. The summed E-state index contributed by atoms with van der Waals surface area (Å²) in [6, 6.07) is 4.56. The van der Waals surface area contributed by atoms with Crippen molar-refractivity contribution < 1.29 is 18.0 Å². The Morgan fingerprint density at radius 3 is 2.68 bits per heavy atom. The average molecular weight is 437 g/mol. The summed E-state index contributed by atoms with van der Waals surface area (Å²) in [5.41, 5.74) is 2.15. The summed E-state index contributed by atoms with van der Waals surface area (Å²) < 4.78 is 40.0. The number of nitrogens with zero attached hydrogens (tertiary/aromatic N) is 3. The van der Waals surface area contributed by atoms with Crippen LogP contribution < -0.4 is 5.32 Å². The number of halogens is 3. The minimum Gasteiger partial charge on any atom is -0.326 e. The second kappa shape index (κ2) is 10.3. The highest BCUT2D eigenvalue weighted by molar-refractivity contribution is 5.90. The zero-order valence-electron chi connectivity index (χ0n) is 18.2. The number of benzene rings is 1. The van der Waals surface area contributed by atoms with E-state index >= 15 is 0 Å². The van der Waals surface area contributed by atoms with Gasteiger partial charge in [0.15, 0.2) is 0 Å². The molecule has 1 saturated heterocycles. The molecule has 3 rings (SSSR count). The van der Waals surface area contributed by atoms with E-state index in [1.165, 1.54) is 23.4 Å². The molecule has 1 aromatic heterocycles. The summed E-state index contributed by atoms with van der Waals surface area (Å²) in [7, 11) is 0. The van der Waals surface area contributed by atoms with Gasteiger partial charge in [-0.2, -0.15) is 18.3 Å². The SMILES string of the molecule is CCCn1ncc(CN2CCC[C@@H](CCC(=O)Nc3ccc(C(F)(F)F)cc3)C2)c1C. The van der Waals surface area contributed by atoms with Crippen LogP contribution in [0.1, 0.15) is 55.8 Å². The molecule has 1 aromatic carbocycles. The Balaban J connectivity index is 1.45. The topological polar surface area (TPSA) is 50.2 Å². The summed E-state index contributed by atoms with van der Waals surface area (Å²) in [6.45, 7) is 8.07. The smallest absolute Gasteiger partial charge is 0.326 e. The quantitative estimate of drug-likeness (QED) is 0.615. The van der Waals surface area contributed by atoms with E-state index in [1.54, 1.807) is 0 Å². The van der Waals surface area contributed by atoms with Crippen molar-refractivity contribution in [1.82, 2.24) is 14.7 Å². The number of alkyl halides is 3. The number of carbonyl (C=O) groups is 1. The molecule has 1 aliphatic rings. The molecule has 2 aromatic rings. The molecule has 1 N–H and O–H groups in total. The first-order valence-electron chi connectivity index (χ1n) is 11.0. The molecule has 0 spiro atoms. The van der Waals surface area contributed by atoms with Crippen LogP contribution >= 0.6 is 0 Å². The molecule has 2 heterocycles. The maximum Gasteiger partial charge on any atom is 0.416 e. The van der Waals surface area contributed by atoms with Gasteiger partial charge in [-0.3, -0.25) is 14.4 Å². The van der Waals surface area contributed by atoms with E-state index < -0.39 is 11.7 Å². The highest BCUT2D eigenvalue weighted by atomic mass is 19.4. The first kappa shape index (κ1) is 23.3. The summed E-state index contributed by atoms with van der Waals surface area (Å²) in [5.74, 6) is 0.284. The molecular formula is C23H31F3N4O. The van der Waals surface area contributed by atoms with Gasteiger partial charge in [-0.05, 0) is 69.3 Å². The summed E-state index contributed by atoms with van der Waals surface area (Å²) >= 11 is 0. The average Bonchev–Trinajstić information content (AvgIpc) is 3.06. The number of amides is 1.